The lowest BCUT2D eigenvalue weighted by Crippen LogP contribution is -2.55. The van der Waals surface area contributed by atoms with E-state index in [9.17, 15) is 18.7 Å². The maximum absolute atomic E-state index is 13.5. The molecule has 1 saturated heterocycles. The van der Waals surface area contributed by atoms with Gasteiger partial charge in [0.25, 0.3) is 5.91 Å². The van der Waals surface area contributed by atoms with E-state index in [1.807, 2.05) is 0 Å². The van der Waals surface area contributed by atoms with Crippen molar-refractivity contribution in [1.82, 2.24) is 10.2 Å². The van der Waals surface area contributed by atoms with Crippen molar-refractivity contribution in [2.45, 2.75) is 29.0 Å². The van der Waals surface area contributed by atoms with Crippen LogP contribution < -0.4 is 14.8 Å². The van der Waals surface area contributed by atoms with E-state index in [1.165, 1.54) is 30.3 Å². The molecule has 1 heterocycles. The van der Waals surface area contributed by atoms with Gasteiger partial charge in [0.1, 0.15) is 35.8 Å². The van der Waals surface area contributed by atoms with Gasteiger partial charge in [-0.15, -0.1) is 0 Å². The van der Waals surface area contributed by atoms with Gasteiger partial charge >= 0.3 is 0 Å². The Kier molecular flexibility index (Phi) is 9.81. The second-order valence-corrected chi connectivity index (χ2v) is 9.68. The third-order valence-electron chi connectivity index (χ3n) is 5.03. The lowest BCUT2D eigenvalue weighted by atomic mass is 10.1. The van der Waals surface area contributed by atoms with Crippen LogP contribution >= 0.6 is 45.8 Å². The fraction of sp³-hybridized carbons (Fsp3) is 0.409. The normalized spacial score (nSPS) is 19.7. The van der Waals surface area contributed by atoms with Crippen LogP contribution in [0.2, 0.25) is 10.0 Å². The summed E-state index contributed by atoms with van der Waals surface area (Å²) in [5.74, 6) is -1.03. The Hall–Kier alpha value is -1.40. The first-order chi connectivity index (χ1) is 15.7. The number of piperidine rings is 1. The van der Waals surface area contributed by atoms with Crippen LogP contribution in [0.4, 0.5) is 8.78 Å². The molecule has 1 aliphatic heterocycles. The number of ether oxygens (including phenoxy) is 2. The van der Waals surface area contributed by atoms with Crippen molar-refractivity contribution in [2.24, 2.45) is 0 Å². The van der Waals surface area contributed by atoms with E-state index in [-0.39, 0.29) is 50.8 Å². The number of likely N-dealkylation sites (tertiary alicyclic amines) is 1. The van der Waals surface area contributed by atoms with Crippen molar-refractivity contribution in [3.05, 3.63) is 58.1 Å². The van der Waals surface area contributed by atoms with Crippen LogP contribution in [-0.4, -0.2) is 58.4 Å². The Bertz CT molecular complexity index is 972. The number of nitrogens with zero attached hydrogens (tertiary/aromatic N) is 1. The summed E-state index contributed by atoms with van der Waals surface area (Å²) in [5, 5.41) is 13.3. The average Bonchev–Trinajstić information content (AvgIpc) is 2.78. The minimum absolute atomic E-state index is 0.00258. The molecule has 0 bridgehead atoms. The zero-order chi connectivity index (χ0) is 24.0. The second-order valence-electron chi connectivity index (χ2n) is 7.59. The summed E-state index contributed by atoms with van der Waals surface area (Å²) in [6.07, 6.45) is 0.810. The number of rotatable bonds is 9. The van der Waals surface area contributed by atoms with E-state index >= 15 is 0 Å². The molecule has 3 rings (SSSR count). The van der Waals surface area contributed by atoms with Crippen LogP contribution in [-0.2, 0) is 4.79 Å². The smallest absolute Gasteiger partial charge is 0.258 e. The molecule has 1 aliphatic rings. The number of carbonyl (C=O) groups is 1. The molecule has 3 atom stereocenters. The summed E-state index contributed by atoms with van der Waals surface area (Å²) in [6, 6.07) is 7.93. The highest BCUT2D eigenvalue weighted by molar-refractivity contribution is 14.1. The SMILES string of the molecule is O=C(COc1ccc(Cl)c(F)c1)N[C@H]1CCCN(CC(O)COc2ccc(Cl)c(F)c2)C1I. The van der Waals surface area contributed by atoms with Crippen LogP contribution in [0.1, 0.15) is 12.8 Å². The van der Waals surface area contributed by atoms with Gasteiger partial charge in [0.2, 0.25) is 0 Å². The van der Waals surface area contributed by atoms with Crippen molar-refractivity contribution in [2.75, 3.05) is 26.3 Å². The molecule has 6 nitrogen and oxygen atoms in total. The molecular formula is C22H23Cl2F2IN2O4. The van der Waals surface area contributed by atoms with Crippen molar-refractivity contribution < 1.29 is 28.2 Å². The van der Waals surface area contributed by atoms with E-state index < -0.39 is 17.7 Å². The molecule has 2 N–H and O–H groups in total. The number of benzene rings is 2. The third kappa shape index (κ3) is 7.81. The summed E-state index contributed by atoms with van der Waals surface area (Å²) in [5.41, 5.74) is 0. The minimum Gasteiger partial charge on any atom is -0.491 e. The van der Waals surface area contributed by atoms with Crippen LogP contribution in [0.15, 0.2) is 36.4 Å². The Labute approximate surface area is 214 Å². The molecule has 180 valence electrons. The van der Waals surface area contributed by atoms with Crippen molar-refractivity contribution in [1.29, 1.82) is 0 Å². The predicted octanol–water partition coefficient (Wildman–Crippen LogP) is 4.43. The number of nitrogens with one attached hydrogen (secondary N) is 1. The molecule has 0 aromatic heterocycles. The number of hydrogen-bond acceptors (Lipinski definition) is 5. The van der Waals surface area contributed by atoms with Crippen molar-refractivity contribution >= 4 is 51.7 Å². The van der Waals surface area contributed by atoms with Crippen LogP contribution in [0.3, 0.4) is 0 Å². The topological polar surface area (TPSA) is 71.0 Å². The molecule has 0 aliphatic carbocycles. The molecular weight excluding hydrogens is 592 g/mol. The maximum Gasteiger partial charge on any atom is 0.258 e. The van der Waals surface area contributed by atoms with Gasteiger partial charge in [-0.25, -0.2) is 8.78 Å². The van der Waals surface area contributed by atoms with Gasteiger partial charge in [0.05, 0.1) is 20.1 Å². The second kappa shape index (κ2) is 12.3. The van der Waals surface area contributed by atoms with Gasteiger partial charge in [0, 0.05) is 18.7 Å². The van der Waals surface area contributed by atoms with Crippen molar-refractivity contribution in [3.63, 3.8) is 0 Å². The largest absolute Gasteiger partial charge is 0.491 e. The molecule has 0 radical (unpaired) electrons. The Morgan fingerprint density at radius 3 is 2.36 bits per heavy atom. The molecule has 33 heavy (non-hydrogen) atoms. The summed E-state index contributed by atoms with van der Waals surface area (Å²) >= 11 is 13.5. The first kappa shape index (κ1) is 26.2. The summed E-state index contributed by atoms with van der Waals surface area (Å²) < 4.78 is 37.7. The highest BCUT2D eigenvalue weighted by Crippen LogP contribution is 2.24. The van der Waals surface area contributed by atoms with Gasteiger partial charge < -0.3 is 19.9 Å². The van der Waals surface area contributed by atoms with E-state index in [0.717, 1.165) is 25.5 Å². The number of amides is 1. The number of carbonyl (C=O) groups excluding carboxylic acids is 1. The maximum atomic E-state index is 13.5. The number of aliphatic hydroxyl groups excluding tert-OH is 1. The molecule has 0 saturated carbocycles. The first-order valence-electron chi connectivity index (χ1n) is 10.2. The minimum atomic E-state index is -0.807. The Morgan fingerprint density at radius 1 is 1.15 bits per heavy atom. The highest BCUT2D eigenvalue weighted by Gasteiger charge is 2.31. The summed E-state index contributed by atoms with van der Waals surface area (Å²) in [6.45, 7) is 0.822. The molecule has 11 heteroatoms. The number of hydrogen-bond donors (Lipinski definition) is 2. The zero-order valence-electron chi connectivity index (χ0n) is 17.4. The third-order valence-corrected chi connectivity index (χ3v) is 7.30. The average molecular weight is 615 g/mol. The van der Waals surface area contributed by atoms with Crippen molar-refractivity contribution in [3.8, 4) is 11.5 Å². The van der Waals surface area contributed by atoms with Crippen LogP contribution in [0.25, 0.3) is 0 Å². The summed E-state index contributed by atoms with van der Waals surface area (Å²) in [7, 11) is 0. The first-order valence-corrected chi connectivity index (χ1v) is 12.2. The van der Waals surface area contributed by atoms with E-state index in [1.54, 1.807) is 0 Å². The standard InChI is InChI=1S/C22H23Cl2F2IN2O4/c23-16-5-3-14(8-18(16)25)32-11-13(30)10-29-7-1-2-20(22(29)27)28-21(31)12-33-15-4-6-17(24)19(26)9-15/h3-6,8-9,13,20,22,30H,1-2,7,10-12H2,(H,28,31)/t13?,20-,22?/m0/s1. The Balaban J connectivity index is 1.45. The molecule has 2 unspecified atom stereocenters. The molecule has 2 aromatic rings. The fourth-order valence-corrected chi connectivity index (χ4v) is 4.69. The molecule has 1 amide bonds. The molecule has 1 fully saturated rings. The fourth-order valence-electron chi connectivity index (χ4n) is 3.41. The molecule has 0 spiro atoms. The van der Waals surface area contributed by atoms with Crippen LogP contribution in [0.5, 0.6) is 11.5 Å². The van der Waals surface area contributed by atoms with E-state index in [4.69, 9.17) is 32.7 Å². The summed E-state index contributed by atoms with van der Waals surface area (Å²) in [4.78, 5) is 14.4. The number of aliphatic hydroxyl groups is 1. The van der Waals surface area contributed by atoms with Gasteiger partial charge in [-0.1, -0.05) is 45.8 Å². The molecule has 2 aromatic carbocycles. The Morgan fingerprint density at radius 2 is 1.76 bits per heavy atom. The monoisotopic (exact) mass is 614 g/mol. The van der Waals surface area contributed by atoms with Gasteiger partial charge in [-0.2, -0.15) is 0 Å². The van der Waals surface area contributed by atoms with Gasteiger partial charge in [-0.05, 0) is 43.7 Å². The lowest BCUT2D eigenvalue weighted by Gasteiger charge is -2.39. The van der Waals surface area contributed by atoms with Crippen LogP contribution in [0, 0.1) is 11.6 Å². The van der Waals surface area contributed by atoms with E-state index in [2.05, 4.69) is 32.8 Å². The zero-order valence-corrected chi connectivity index (χ0v) is 21.1. The lowest BCUT2D eigenvalue weighted by molar-refractivity contribution is -0.124. The quantitative estimate of drug-likeness (QED) is 0.248. The number of alkyl halides is 1. The predicted molar refractivity (Wildman–Crippen MR) is 130 cm³/mol. The number of halogens is 5. The highest BCUT2D eigenvalue weighted by atomic mass is 127. The number of β-amino-alcohol motifs (C(OH)–C–C–N with tert-alkyl or cyclic N) is 1. The van der Waals surface area contributed by atoms with Gasteiger partial charge in [0.15, 0.2) is 6.61 Å². The van der Waals surface area contributed by atoms with Gasteiger partial charge in [-0.3, -0.25) is 9.69 Å². The van der Waals surface area contributed by atoms with E-state index in [0.29, 0.717) is 6.54 Å².